The highest BCUT2D eigenvalue weighted by Crippen LogP contribution is 2.10. The number of aliphatic hydroxyl groups is 3. The van der Waals surface area contributed by atoms with Gasteiger partial charge in [0, 0.05) is 5.54 Å². The van der Waals surface area contributed by atoms with Gasteiger partial charge < -0.3 is 15.3 Å². The summed E-state index contributed by atoms with van der Waals surface area (Å²) in [5, 5.41) is 26.9. The predicted octanol–water partition coefficient (Wildman–Crippen LogP) is -1.36. The minimum atomic E-state index is -3.57. The standard InChI is InChI=1S/C8H18ClNO5S/c1-8(2,10-9)5-16(14,15)4-7(13)6(12)3-11/h6-7,10-13H,3-5H2,1-2H3. The Balaban J connectivity index is 4.48. The maximum Gasteiger partial charge on any atom is 0.154 e. The number of aliphatic hydroxyl groups excluding tert-OH is 3. The number of rotatable bonds is 7. The van der Waals surface area contributed by atoms with Gasteiger partial charge in [-0.05, 0) is 25.6 Å². The van der Waals surface area contributed by atoms with Crippen molar-refractivity contribution in [2.45, 2.75) is 31.6 Å². The molecule has 0 bridgehead atoms. The topological polar surface area (TPSA) is 107 Å². The second-order valence-electron chi connectivity index (χ2n) is 4.35. The van der Waals surface area contributed by atoms with Crippen molar-refractivity contribution in [2.24, 2.45) is 0 Å². The van der Waals surface area contributed by atoms with E-state index in [4.69, 9.17) is 22.0 Å². The summed E-state index contributed by atoms with van der Waals surface area (Å²) in [7, 11) is -3.57. The molecule has 4 N–H and O–H groups in total. The number of sulfone groups is 1. The lowest BCUT2D eigenvalue weighted by Crippen LogP contribution is -2.44. The minimum absolute atomic E-state index is 0.279. The summed E-state index contributed by atoms with van der Waals surface area (Å²) in [6.45, 7) is 2.49. The molecule has 0 aromatic heterocycles. The quantitative estimate of drug-likeness (QED) is 0.428. The number of nitrogens with one attached hydrogen (secondary N) is 1. The molecule has 0 spiro atoms. The number of hydrogen-bond donors (Lipinski definition) is 4. The molecule has 16 heavy (non-hydrogen) atoms. The summed E-state index contributed by atoms with van der Waals surface area (Å²) in [4.78, 5) is 2.31. The van der Waals surface area contributed by atoms with E-state index in [2.05, 4.69) is 4.84 Å². The fourth-order valence-electron chi connectivity index (χ4n) is 1.13. The Kier molecular flexibility index (Phi) is 6.16. The summed E-state index contributed by atoms with van der Waals surface area (Å²) in [6, 6.07) is 0. The van der Waals surface area contributed by atoms with Gasteiger partial charge in [0.05, 0.1) is 24.2 Å². The largest absolute Gasteiger partial charge is 0.394 e. The minimum Gasteiger partial charge on any atom is -0.394 e. The second kappa shape index (κ2) is 6.13. The van der Waals surface area contributed by atoms with Crippen molar-refractivity contribution < 1.29 is 23.7 Å². The van der Waals surface area contributed by atoms with E-state index >= 15 is 0 Å². The third kappa shape index (κ3) is 5.97. The highest BCUT2D eigenvalue weighted by atomic mass is 35.5. The molecule has 6 nitrogen and oxygen atoms in total. The van der Waals surface area contributed by atoms with Crippen LogP contribution in [0, 0.1) is 0 Å². The molecule has 0 aromatic rings. The van der Waals surface area contributed by atoms with Crippen LogP contribution in [0.1, 0.15) is 13.8 Å². The highest BCUT2D eigenvalue weighted by Gasteiger charge is 2.29. The molecule has 0 heterocycles. The molecule has 0 saturated carbocycles. The molecule has 2 unspecified atom stereocenters. The third-order valence-electron chi connectivity index (χ3n) is 1.89. The van der Waals surface area contributed by atoms with E-state index < -0.39 is 39.9 Å². The van der Waals surface area contributed by atoms with Crippen LogP contribution >= 0.6 is 11.8 Å². The number of hydrogen-bond acceptors (Lipinski definition) is 6. The first-order valence-corrected chi connectivity index (χ1v) is 6.89. The van der Waals surface area contributed by atoms with Gasteiger partial charge in [0.25, 0.3) is 0 Å². The van der Waals surface area contributed by atoms with Crippen LogP contribution in [0.5, 0.6) is 0 Å². The third-order valence-corrected chi connectivity index (χ3v) is 4.41. The van der Waals surface area contributed by atoms with Crippen molar-refractivity contribution in [3.05, 3.63) is 0 Å². The first-order valence-electron chi connectivity index (χ1n) is 4.69. The van der Waals surface area contributed by atoms with Gasteiger partial charge >= 0.3 is 0 Å². The van der Waals surface area contributed by atoms with Crippen molar-refractivity contribution in [2.75, 3.05) is 18.1 Å². The van der Waals surface area contributed by atoms with Gasteiger partial charge in [-0.2, -0.15) is 0 Å². The van der Waals surface area contributed by atoms with Gasteiger partial charge in [-0.1, -0.05) is 0 Å². The lowest BCUT2D eigenvalue weighted by molar-refractivity contribution is -0.00267. The molecule has 0 aliphatic carbocycles. The number of halogens is 1. The van der Waals surface area contributed by atoms with Crippen LogP contribution in [0.15, 0.2) is 0 Å². The van der Waals surface area contributed by atoms with Gasteiger partial charge in [-0.3, -0.25) is 0 Å². The molecule has 98 valence electrons. The molecule has 0 radical (unpaired) electrons. The molecule has 0 fully saturated rings. The smallest absolute Gasteiger partial charge is 0.154 e. The van der Waals surface area contributed by atoms with Crippen LogP contribution in [-0.2, 0) is 9.84 Å². The lowest BCUT2D eigenvalue weighted by atomic mass is 10.1. The zero-order valence-corrected chi connectivity index (χ0v) is 10.8. The van der Waals surface area contributed by atoms with Crippen molar-refractivity contribution in [3.63, 3.8) is 0 Å². The highest BCUT2D eigenvalue weighted by molar-refractivity contribution is 7.91. The van der Waals surface area contributed by atoms with Gasteiger partial charge in [-0.25, -0.2) is 13.3 Å². The van der Waals surface area contributed by atoms with Crippen LogP contribution in [-0.4, -0.2) is 59.6 Å². The van der Waals surface area contributed by atoms with E-state index in [1.807, 2.05) is 0 Å². The zero-order chi connectivity index (χ0) is 13.0. The monoisotopic (exact) mass is 275 g/mol. The van der Waals surface area contributed by atoms with Crippen LogP contribution in [0.25, 0.3) is 0 Å². The molecule has 0 aliphatic heterocycles. The fraction of sp³-hybridized carbons (Fsp3) is 1.00. The Labute approximate surface area is 100 Å². The van der Waals surface area contributed by atoms with E-state index in [1.165, 1.54) is 0 Å². The molecule has 0 rings (SSSR count). The van der Waals surface area contributed by atoms with Crippen LogP contribution in [0.4, 0.5) is 0 Å². The predicted molar refractivity (Wildman–Crippen MR) is 60.8 cm³/mol. The normalized spacial score (nSPS) is 17.1. The van der Waals surface area contributed by atoms with Gasteiger partial charge in [-0.15, -0.1) is 0 Å². The van der Waals surface area contributed by atoms with E-state index in [1.54, 1.807) is 13.8 Å². The maximum atomic E-state index is 11.6. The van der Waals surface area contributed by atoms with Gasteiger partial charge in [0.1, 0.15) is 6.10 Å². The Morgan fingerprint density at radius 2 is 1.81 bits per heavy atom. The summed E-state index contributed by atoms with van der Waals surface area (Å²) in [6.07, 6.45) is -2.96. The Hall–Kier alpha value is 0.0800. The summed E-state index contributed by atoms with van der Waals surface area (Å²) in [5.41, 5.74) is -0.829. The van der Waals surface area contributed by atoms with Gasteiger partial charge in [0.15, 0.2) is 9.84 Å². The Morgan fingerprint density at radius 1 is 1.31 bits per heavy atom. The average molecular weight is 276 g/mol. The van der Waals surface area contributed by atoms with Crippen LogP contribution in [0.3, 0.4) is 0 Å². The summed E-state index contributed by atoms with van der Waals surface area (Å²) >= 11 is 5.36. The Bertz CT molecular complexity index is 306. The zero-order valence-electron chi connectivity index (χ0n) is 9.22. The molecule has 8 heteroatoms. The summed E-state index contributed by atoms with van der Waals surface area (Å²) < 4.78 is 23.2. The molecular formula is C8H18ClNO5S. The molecular weight excluding hydrogens is 258 g/mol. The Morgan fingerprint density at radius 3 is 2.19 bits per heavy atom. The molecule has 0 amide bonds. The van der Waals surface area contributed by atoms with Gasteiger partial charge in [0.2, 0.25) is 0 Å². The molecule has 0 aliphatic rings. The van der Waals surface area contributed by atoms with Crippen molar-refractivity contribution in [1.29, 1.82) is 0 Å². The molecule has 0 aromatic carbocycles. The van der Waals surface area contributed by atoms with Crippen molar-refractivity contribution in [3.8, 4) is 0 Å². The van der Waals surface area contributed by atoms with Crippen LogP contribution < -0.4 is 4.84 Å². The molecule has 0 saturated heterocycles. The first-order chi connectivity index (χ1) is 7.13. The maximum absolute atomic E-state index is 11.6. The summed E-state index contributed by atoms with van der Waals surface area (Å²) in [5.74, 6) is -0.893. The average Bonchev–Trinajstić information content (AvgIpc) is 2.14. The SMILES string of the molecule is CC(C)(CS(=O)(=O)CC(O)C(O)CO)NCl. The van der Waals surface area contributed by atoms with E-state index in [9.17, 15) is 13.5 Å². The second-order valence-corrected chi connectivity index (χ2v) is 6.65. The lowest BCUT2D eigenvalue weighted by Gasteiger charge is -2.23. The van der Waals surface area contributed by atoms with E-state index in [0.29, 0.717) is 0 Å². The fourth-order valence-corrected chi connectivity index (χ4v) is 3.31. The first kappa shape index (κ1) is 16.1. The molecule has 2 atom stereocenters. The van der Waals surface area contributed by atoms with Crippen molar-refractivity contribution in [1.82, 2.24) is 4.84 Å². The van der Waals surface area contributed by atoms with E-state index in [-0.39, 0.29) is 5.75 Å². The van der Waals surface area contributed by atoms with Crippen molar-refractivity contribution >= 4 is 21.6 Å². The van der Waals surface area contributed by atoms with Crippen LogP contribution in [0.2, 0.25) is 0 Å². The van der Waals surface area contributed by atoms with E-state index in [0.717, 1.165) is 0 Å².